The summed E-state index contributed by atoms with van der Waals surface area (Å²) >= 11 is 7.21. The van der Waals surface area contributed by atoms with Gasteiger partial charge in [0.05, 0.1) is 6.10 Å². The number of rotatable bonds is 8. The summed E-state index contributed by atoms with van der Waals surface area (Å²) in [5, 5.41) is 14.3. The van der Waals surface area contributed by atoms with Gasteiger partial charge in [0.2, 0.25) is 19.2 Å². The Bertz CT molecular complexity index is 1670. The zero-order chi connectivity index (χ0) is 40.3. The molecule has 5 N–H and O–H groups in total. The van der Waals surface area contributed by atoms with Crippen molar-refractivity contribution in [2.45, 2.75) is 115 Å². The standard InChI is InChI=1S/C23H31NO2Si.C16H19ClSi.C7H13NO2/c1-23(2,3)27(20-10-6-4-7-11-20,21-12-8-5-9-13-21)26-19-16-14-18(15-17-19)22(24)25;1-16(2,3)18(17,14-10-6-4-7-11-14)15-12-8-5-9-13-15;8-7(10)5-1-3-6(9)4-2-5/h4-13,18-19H,14-17H2,1-3H3,(H2,24,25);4-13H,1-3H3;5-6,9H,1-4H2,(H2,8,10). The lowest BCUT2D eigenvalue weighted by molar-refractivity contribution is -0.124. The van der Waals surface area contributed by atoms with Gasteiger partial charge in [0.15, 0.2) is 0 Å². The summed E-state index contributed by atoms with van der Waals surface area (Å²) in [6.07, 6.45) is 6.42. The van der Waals surface area contributed by atoms with Crippen LogP contribution < -0.4 is 32.2 Å². The largest absolute Gasteiger partial charge is 0.404 e. The van der Waals surface area contributed by atoms with Crippen LogP contribution in [-0.2, 0) is 14.0 Å². The van der Waals surface area contributed by atoms with E-state index in [0.29, 0.717) is 0 Å². The Morgan fingerprint density at radius 3 is 1.15 bits per heavy atom. The highest BCUT2D eigenvalue weighted by Gasteiger charge is 2.52. The summed E-state index contributed by atoms with van der Waals surface area (Å²) in [4.78, 5) is 22.1. The Hall–Kier alpha value is -3.54. The maximum atomic E-state index is 11.5. The molecule has 296 valence electrons. The van der Waals surface area contributed by atoms with E-state index in [2.05, 4.69) is 151 Å². The van der Waals surface area contributed by atoms with E-state index in [1.54, 1.807) is 0 Å². The molecular weight excluding hydrogens is 736 g/mol. The minimum Gasteiger partial charge on any atom is -0.404 e. The van der Waals surface area contributed by atoms with E-state index in [0.717, 1.165) is 51.4 Å². The second-order valence-electron chi connectivity index (χ2n) is 17.2. The maximum Gasteiger partial charge on any atom is 0.261 e. The molecule has 4 aromatic carbocycles. The van der Waals surface area contributed by atoms with Gasteiger partial charge in [-0.05, 0) is 82.2 Å². The molecule has 2 amide bonds. The quantitative estimate of drug-likeness (QED) is 0.127. The molecule has 0 spiro atoms. The predicted octanol–water partition coefficient (Wildman–Crippen LogP) is 7.42. The number of primary amides is 2. The van der Waals surface area contributed by atoms with Crippen LogP contribution in [0.5, 0.6) is 0 Å². The van der Waals surface area contributed by atoms with E-state index < -0.39 is 15.7 Å². The molecule has 0 bridgehead atoms. The van der Waals surface area contributed by atoms with Crippen molar-refractivity contribution in [2.75, 3.05) is 0 Å². The highest BCUT2D eigenvalue weighted by Crippen LogP contribution is 2.40. The first kappa shape index (κ1) is 44.2. The predicted molar refractivity (Wildman–Crippen MR) is 234 cm³/mol. The molecular formula is C46H63ClN2O4Si2. The van der Waals surface area contributed by atoms with Gasteiger partial charge in [-0.3, -0.25) is 9.59 Å². The molecule has 2 saturated carbocycles. The molecule has 0 saturated heterocycles. The van der Waals surface area contributed by atoms with Crippen molar-refractivity contribution in [3.63, 3.8) is 0 Å². The third-order valence-corrected chi connectivity index (χ3v) is 23.7. The topological polar surface area (TPSA) is 116 Å². The van der Waals surface area contributed by atoms with Crippen LogP contribution in [0.2, 0.25) is 10.1 Å². The summed E-state index contributed by atoms with van der Waals surface area (Å²) in [5.74, 6) is -0.363. The number of carbonyl (C=O) groups is 2. The van der Waals surface area contributed by atoms with Crippen LogP contribution in [0.4, 0.5) is 0 Å². The first-order chi connectivity index (χ1) is 26.0. The van der Waals surface area contributed by atoms with Crippen molar-refractivity contribution < 1.29 is 19.1 Å². The molecule has 0 atom stereocenters. The number of benzene rings is 4. The van der Waals surface area contributed by atoms with Crippen molar-refractivity contribution in [1.82, 2.24) is 0 Å². The zero-order valence-electron chi connectivity index (χ0n) is 33.7. The molecule has 2 aliphatic rings. The van der Waals surface area contributed by atoms with Crippen molar-refractivity contribution >= 4 is 59.3 Å². The molecule has 0 unspecified atom stereocenters. The summed E-state index contributed by atoms with van der Waals surface area (Å²) in [5.41, 5.74) is 10.6. The van der Waals surface area contributed by atoms with Crippen LogP contribution in [0.1, 0.15) is 92.9 Å². The second-order valence-corrected chi connectivity index (χ2v) is 27.1. The average molecular weight is 800 g/mol. The Labute approximate surface area is 336 Å². The lowest BCUT2D eigenvalue weighted by Crippen LogP contribution is -2.67. The maximum absolute atomic E-state index is 11.5. The Morgan fingerprint density at radius 2 is 0.855 bits per heavy atom. The molecule has 0 heterocycles. The highest BCUT2D eigenvalue weighted by atomic mass is 35.6. The third kappa shape index (κ3) is 11.1. The lowest BCUT2D eigenvalue weighted by Gasteiger charge is -2.46. The van der Waals surface area contributed by atoms with E-state index in [4.69, 9.17) is 32.1 Å². The van der Waals surface area contributed by atoms with Gasteiger partial charge in [-0.1, -0.05) is 163 Å². The van der Waals surface area contributed by atoms with Crippen molar-refractivity contribution in [3.8, 4) is 0 Å². The molecule has 6 rings (SSSR count). The van der Waals surface area contributed by atoms with Crippen LogP contribution in [0.15, 0.2) is 121 Å². The molecule has 2 aliphatic carbocycles. The number of amides is 2. The van der Waals surface area contributed by atoms with Gasteiger partial charge in [-0.15, -0.1) is 0 Å². The highest BCUT2D eigenvalue weighted by molar-refractivity contribution is 7.35. The number of carbonyl (C=O) groups excluding carboxylic acids is 2. The number of aliphatic hydroxyl groups is 1. The first-order valence-corrected chi connectivity index (χ1v) is 24.8. The summed E-state index contributed by atoms with van der Waals surface area (Å²) in [6, 6.07) is 42.5. The molecule has 0 radical (unpaired) electrons. The van der Waals surface area contributed by atoms with E-state index in [1.165, 1.54) is 20.7 Å². The second kappa shape index (κ2) is 19.6. The Morgan fingerprint density at radius 1 is 0.545 bits per heavy atom. The third-order valence-electron chi connectivity index (χ3n) is 11.3. The number of hydrogen-bond acceptors (Lipinski definition) is 4. The van der Waals surface area contributed by atoms with Crippen molar-refractivity contribution in [2.24, 2.45) is 23.3 Å². The van der Waals surface area contributed by atoms with Gasteiger partial charge < -0.3 is 21.0 Å². The van der Waals surface area contributed by atoms with Crippen LogP contribution in [0.25, 0.3) is 0 Å². The van der Waals surface area contributed by atoms with Gasteiger partial charge in [0.1, 0.15) is 0 Å². The average Bonchev–Trinajstić information content (AvgIpc) is 3.18. The molecule has 6 nitrogen and oxygen atoms in total. The lowest BCUT2D eigenvalue weighted by atomic mass is 9.87. The molecule has 4 aromatic rings. The summed E-state index contributed by atoms with van der Waals surface area (Å²) in [6.45, 7) is 13.6. The number of halogens is 1. The molecule has 55 heavy (non-hydrogen) atoms. The minimum atomic E-state index is -2.50. The van der Waals surface area contributed by atoms with Gasteiger partial charge in [0, 0.05) is 17.9 Å². The smallest absolute Gasteiger partial charge is 0.261 e. The van der Waals surface area contributed by atoms with Crippen LogP contribution in [0, 0.1) is 11.8 Å². The molecule has 2 fully saturated rings. The fourth-order valence-corrected chi connectivity index (χ4v) is 17.0. The number of nitrogens with two attached hydrogens (primary N) is 2. The van der Waals surface area contributed by atoms with Gasteiger partial charge >= 0.3 is 0 Å². The van der Waals surface area contributed by atoms with E-state index in [9.17, 15) is 9.59 Å². The normalized spacial score (nSPS) is 20.5. The Balaban J connectivity index is 0.000000205. The van der Waals surface area contributed by atoms with Crippen molar-refractivity contribution in [3.05, 3.63) is 121 Å². The molecule has 0 aromatic heterocycles. The fourth-order valence-electron chi connectivity index (χ4n) is 8.14. The van der Waals surface area contributed by atoms with E-state index in [1.807, 2.05) is 12.1 Å². The molecule has 9 heteroatoms. The first-order valence-electron chi connectivity index (χ1n) is 19.9. The van der Waals surface area contributed by atoms with E-state index in [-0.39, 0.29) is 45.9 Å². The Kier molecular flexibility index (Phi) is 15.7. The van der Waals surface area contributed by atoms with Crippen LogP contribution in [0.3, 0.4) is 0 Å². The van der Waals surface area contributed by atoms with Gasteiger partial charge in [-0.25, -0.2) is 0 Å². The molecule has 0 aliphatic heterocycles. The SMILES string of the molecule is CC(C)(C)[Si](Cl)(c1ccccc1)c1ccccc1.CC(C)(C)[Si](OC1CCC(C(N)=O)CC1)(c1ccccc1)c1ccccc1.NC(=O)C1CCC(O)CC1. The van der Waals surface area contributed by atoms with Crippen LogP contribution >= 0.6 is 11.1 Å². The number of hydrogen-bond donors (Lipinski definition) is 3. The van der Waals surface area contributed by atoms with Crippen molar-refractivity contribution in [1.29, 1.82) is 0 Å². The zero-order valence-corrected chi connectivity index (χ0v) is 36.5. The van der Waals surface area contributed by atoms with Gasteiger partial charge in [-0.2, -0.15) is 11.1 Å². The summed E-state index contributed by atoms with van der Waals surface area (Å²) < 4.78 is 7.13. The van der Waals surface area contributed by atoms with Gasteiger partial charge in [0.25, 0.3) is 8.32 Å². The van der Waals surface area contributed by atoms with E-state index >= 15 is 0 Å². The fraction of sp³-hybridized carbons (Fsp3) is 0.435. The van der Waals surface area contributed by atoms with Crippen LogP contribution in [-0.4, -0.2) is 44.8 Å². The number of aliphatic hydroxyl groups excluding tert-OH is 1. The summed E-state index contributed by atoms with van der Waals surface area (Å²) in [7, 11) is -4.73. The minimum absolute atomic E-state index is 0.00371. The monoisotopic (exact) mass is 798 g/mol.